The minimum absolute atomic E-state index is 0.110. The molecule has 3 aromatic heterocycles. The van der Waals surface area contributed by atoms with Crippen molar-refractivity contribution >= 4 is 33.4 Å². The summed E-state index contributed by atoms with van der Waals surface area (Å²) < 4.78 is 40.1. The molecule has 0 unspecified atom stereocenters. The normalized spacial score (nSPS) is 12.2. The van der Waals surface area contributed by atoms with E-state index in [0.717, 1.165) is 10.1 Å². The minimum atomic E-state index is -4.55. The van der Waals surface area contributed by atoms with Crippen LogP contribution in [0.3, 0.4) is 0 Å². The molecule has 0 saturated carbocycles. The van der Waals surface area contributed by atoms with Gasteiger partial charge >= 0.3 is 6.18 Å². The van der Waals surface area contributed by atoms with Crippen molar-refractivity contribution in [1.29, 1.82) is 0 Å². The van der Waals surface area contributed by atoms with Gasteiger partial charge in [-0.05, 0) is 42.3 Å². The lowest BCUT2D eigenvalue weighted by Crippen LogP contribution is -2.28. The van der Waals surface area contributed by atoms with Gasteiger partial charge in [-0.25, -0.2) is 4.98 Å². The Kier molecular flexibility index (Phi) is 3.96. The number of benzene rings is 1. The number of rotatable bonds is 2. The predicted molar refractivity (Wildman–Crippen MR) is 96.9 cm³/mol. The second-order valence-corrected chi connectivity index (χ2v) is 6.55. The molecule has 0 atom stereocenters. The van der Waals surface area contributed by atoms with Gasteiger partial charge in [0.2, 0.25) is 0 Å². The highest BCUT2D eigenvalue weighted by molar-refractivity contribution is 6.32. The van der Waals surface area contributed by atoms with Crippen LogP contribution in [0.25, 0.3) is 32.9 Å². The monoisotopic (exact) mass is 392 g/mol. The summed E-state index contributed by atoms with van der Waals surface area (Å²) in [5, 5.41) is 7.35. The zero-order chi connectivity index (χ0) is 19.3. The summed E-state index contributed by atoms with van der Waals surface area (Å²) in [5.74, 6) is 0. The van der Waals surface area contributed by atoms with Gasteiger partial charge in [-0.15, -0.1) is 0 Å². The minimum Gasteiger partial charge on any atom is -0.298 e. The van der Waals surface area contributed by atoms with Crippen LogP contribution in [-0.4, -0.2) is 25.9 Å². The predicted octanol–water partition coefficient (Wildman–Crippen LogP) is 4.46. The fraction of sp³-hybridized carbons (Fsp3) is 0.167. The van der Waals surface area contributed by atoms with Crippen molar-refractivity contribution in [3.63, 3.8) is 0 Å². The summed E-state index contributed by atoms with van der Waals surface area (Å²) >= 11 is 6.16. The molecule has 0 amide bonds. The number of aromatic amines is 1. The molecule has 1 aromatic carbocycles. The molecular weight excluding hydrogens is 381 g/mol. The maximum absolute atomic E-state index is 13.1. The molecule has 0 spiro atoms. The first-order chi connectivity index (χ1) is 12.8. The van der Waals surface area contributed by atoms with Crippen molar-refractivity contribution in [1.82, 2.24) is 19.7 Å². The molecule has 1 N–H and O–H groups in total. The summed E-state index contributed by atoms with van der Waals surface area (Å²) in [6.07, 6.45) is -1.79. The lowest BCUT2D eigenvalue weighted by atomic mass is 9.98. The summed E-state index contributed by atoms with van der Waals surface area (Å²) in [7, 11) is 0. The standard InChI is InChI=1S/C18H12ClF3N4O/c1-9-5-12-14(6-11(9)10-3-2-4-23-16(10)19)26(8-18(20,21)22)17(27)13-7-24-25-15(12)13/h2-7H,8H2,1H3,(H,24,25). The van der Waals surface area contributed by atoms with Crippen LogP contribution < -0.4 is 5.56 Å². The molecule has 4 rings (SSSR count). The molecule has 0 aliphatic carbocycles. The third kappa shape index (κ3) is 2.95. The van der Waals surface area contributed by atoms with Crippen molar-refractivity contribution in [3.05, 3.63) is 57.7 Å². The van der Waals surface area contributed by atoms with Crippen molar-refractivity contribution in [2.75, 3.05) is 0 Å². The van der Waals surface area contributed by atoms with Gasteiger partial charge in [0.25, 0.3) is 5.56 Å². The van der Waals surface area contributed by atoms with E-state index in [9.17, 15) is 18.0 Å². The van der Waals surface area contributed by atoms with Gasteiger partial charge in [0, 0.05) is 17.1 Å². The number of pyridine rings is 2. The van der Waals surface area contributed by atoms with Crippen LogP contribution in [-0.2, 0) is 6.54 Å². The van der Waals surface area contributed by atoms with E-state index < -0.39 is 18.3 Å². The van der Waals surface area contributed by atoms with Gasteiger partial charge in [-0.2, -0.15) is 18.3 Å². The first kappa shape index (κ1) is 17.5. The summed E-state index contributed by atoms with van der Waals surface area (Å²) in [6.45, 7) is 0.423. The van der Waals surface area contributed by atoms with E-state index in [4.69, 9.17) is 11.6 Å². The Balaban J connectivity index is 2.13. The van der Waals surface area contributed by atoms with E-state index in [2.05, 4.69) is 15.2 Å². The van der Waals surface area contributed by atoms with Crippen LogP contribution >= 0.6 is 11.6 Å². The van der Waals surface area contributed by atoms with Crippen molar-refractivity contribution < 1.29 is 13.2 Å². The highest BCUT2D eigenvalue weighted by atomic mass is 35.5. The van der Waals surface area contributed by atoms with Gasteiger partial charge in [-0.1, -0.05) is 11.6 Å². The molecular formula is C18H12ClF3N4O. The molecule has 27 heavy (non-hydrogen) atoms. The summed E-state index contributed by atoms with van der Waals surface area (Å²) in [4.78, 5) is 16.7. The van der Waals surface area contributed by atoms with E-state index in [1.165, 1.54) is 12.4 Å². The number of hydrogen-bond acceptors (Lipinski definition) is 3. The van der Waals surface area contributed by atoms with Crippen molar-refractivity contribution in [2.24, 2.45) is 0 Å². The van der Waals surface area contributed by atoms with Crippen LogP contribution in [0.15, 0.2) is 41.5 Å². The number of aromatic nitrogens is 4. The lowest BCUT2D eigenvalue weighted by molar-refractivity contribution is -0.140. The summed E-state index contributed by atoms with van der Waals surface area (Å²) in [6, 6.07) is 6.68. The van der Waals surface area contributed by atoms with Crippen LogP contribution in [0.4, 0.5) is 13.2 Å². The fourth-order valence-electron chi connectivity index (χ4n) is 3.24. The fourth-order valence-corrected chi connectivity index (χ4v) is 3.46. The molecule has 0 saturated heterocycles. The topological polar surface area (TPSA) is 63.6 Å². The number of alkyl halides is 3. The SMILES string of the molecule is Cc1cc2c3[nH]ncc3c(=O)n(CC(F)(F)F)c2cc1-c1cccnc1Cl. The number of H-pyrrole nitrogens is 1. The van der Waals surface area contributed by atoms with E-state index in [0.29, 0.717) is 22.0 Å². The highest BCUT2D eigenvalue weighted by Crippen LogP contribution is 2.34. The average Bonchev–Trinajstić information content (AvgIpc) is 3.08. The van der Waals surface area contributed by atoms with Gasteiger partial charge in [0.1, 0.15) is 11.7 Å². The molecule has 0 radical (unpaired) electrons. The average molecular weight is 393 g/mol. The van der Waals surface area contributed by atoms with E-state index in [-0.39, 0.29) is 16.1 Å². The zero-order valence-corrected chi connectivity index (χ0v) is 14.7. The highest BCUT2D eigenvalue weighted by Gasteiger charge is 2.30. The van der Waals surface area contributed by atoms with Crippen LogP contribution in [0.2, 0.25) is 5.15 Å². The third-order valence-corrected chi connectivity index (χ3v) is 4.71. The number of halogens is 4. The van der Waals surface area contributed by atoms with Gasteiger partial charge in [0.15, 0.2) is 0 Å². The maximum atomic E-state index is 13.1. The van der Waals surface area contributed by atoms with Crippen LogP contribution in [0, 0.1) is 6.92 Å². The molecule has 9 heteroatoms. The quantitative estimate of drug-likeness (QED) is 0.512. The van der Waals surface area contributed by atoms with Crippen molar-refractivity contribution in [3.8, 4) is 11.1 Å². The van der Waals surface area contributed by atoms with E-state index in [1.807, 2.05) is 6.92 Å². The number of aryl methyl sites for hydroxylation is 1. The molecule has 3 heterocycles. The molecule has 5 nitrogen and oxygen atoms in total. The number of hydrogen-bond donors (Lipinski definition) is 1. The Bertz CT molecular complexity index is 1240. The Hall–Kier alpha value is -2.87. The smallest absolute Gasteiger partial charge is 0.298 e. The summed E-state index contributed by atoms with van der Waals surface area (Å²) in [5.41, 5.74) is 1.76. The van der Waals surface area contributed by atoms with E-state index in [1.54, 1.807) is 24.3 Å². The van der Waals surface area contributed by atoms with Gasteiger partial charge in [-0.3, -0.25) is 14.5 Å². The maximum Gasteiger partial charge on any atom is 0.406 e. The van der Waals surface area contributed by atoms with E-state index >= 15 is 0 Å². The Morgan fingerprint density at radius 2 is 2.00 bits per heavy atom. The molecule has 4 aromatic rings. The third-order valence-electron chi connectivity index (χ3n) is 4.40. The van der Waals surface area contributed by atoms with Gasteiger partial charge < -0.3 is 0 Å². The first-order valence-electron chi connectivity index (χ1n) is 7.94. The lowest BCUT2D eigenvalue weighted by Gasteiger charge is -2.16. The van der Waals surface area contributed by atoms with Crippen LogP contribution in [0.5, 0.6) is 0 Å². The van der Waals surface area contributed by atoms with Crippen LogP contribution in [0.1, 0.15) is 5.56 Å². The molecule has 0 bridgehead atoms. The largest absolute Gasteiger partial charge is 0.406 e. The molecule has 138 valence electrons. The van der Waals surface area contributed by atoms with Gasteiger partial charge in [0.05, 0.1) is 22.6 Å². The zero-order valence-electron chi connectivity index (χ0n) is 13.9. The Morgan fingerprint density at radius 3 is 2.70 bits per heavy atom. The second-order valence-electron chi connectivity index (χ2n) is 6.19. The van der Waals surface area contributed by atoms with Crippen molar-refractivity contribution in [2.45, 2.75) is 19.6 Å². The first-order valence-corrected chi connectivity index (χ1v) is 8.32. The number of nitrogens with one attached hydrogen (secondary N) is 1. The molecule has 0 aliphatic rings. The number of fused-ring (bicyclic) bond motifs is 3. The Labute approximate surface area is 155 Å². The number of nitrogens with zero attached hydrogens (tertiary/aromatic N) is 3. The molecule has 0 aliphatic heterocycles. The second kappa shape index (κ2) is 6.09. The Morgan fingerprint density at radius 1 is 1.22 bits per heavy atom. The molecule has 0 fully saturated rings.